The normalized spacial score (nSPS) is 10.2. The second-order valence-electron chi connectivity index (χ2n) is 4.13. The smallest absolute Gasteiger partial charge is 0.290 e. The number of nitrogens with one attached hydrogen (secondary N) is 1. The molecule has 0 radical (unpaired) electrons. The number of aryl methyl sites for hydroxylation is 1. The number of phenolic OH excluding ortho intramolecular Hbond substituents is 1. The van der Waals surface area contributed by atoms with Crippen molar-refractivity contribution in [2.24, 2.45) is 0 Å². The van der Waals surface area contributed by atoms with Gasteiger partial charge in [-0.05, 0) is 30.7 Å². The van der Waals surface area contributed by atoms with Gasteiger partial charge in [0.15, 0.2) is 0 Å². The van der Waals surface area contributed by atoms with E-state index in [2.05, 4.69) is 10.3 Å². The van der Waals surface area contributed by atoms with E-state index in [0.29, 0.717) is 17.9 Å². The van der Waals surface area contributed by atoms with E-state index in [9.17, 15) is 10.1 Å². The van der Waals surface area contributed by atoms with Crippen LogP contribution in [-0.2, 0) is 6.54 Å². The van der Waals surface area contributed by atoms with Gasteiger partial charge in [-0.3, -0.25) is 10.1 Å². The molecule has 1 aromatic heterocycles. The SMILES string of the molecule is Cc1cc(NCc2ccc(O)cc2)ncc1[N+](=O)[O-]. The van der Waals surface area contributed by atoms with Gasteiger partial charge < -0.3 is 10.4 Å². The van der Waals surface area contributed by atoms with Crippen LogP contribution in [-0.4, -0.2) is 15.0 Å². The van der Waals surface area contributed by atoms with E-state index < -0.39 is 4.92 Å². The second-order valence-corrected chi connectivity index (χ2v) is 4.13. The molecule has 0 bridgehead atoms. The topological polar surface area (TPSA) is 88.3 Å². The molecule has 2 N–H and O–H groups in total. The number of benzene rings is 1. The summed E-state index contributed by atoms with van der Waals surface area (Å²) in [6.07, 6.45) is 1.24. The van der Waals surface area contributed by atoms with Gasteiger partial charge in [0.1, 0.15) is 17.8 Å². The molecule has 0 atom stereocenters. The zero-order valence-electron chi connectivity index (χ0n) is 10.3. The zero-order chi connectivity index (χ0) is 13.8. The number of nitro groups is 1. The Morgan fingerprint density at radius 3 is 2.63 bits per heavy atom. The van der Waals surface area contributed by atoms with Crippen molar-refractivity contribution in [2.75, 3.05) is 5.32 Å². The van der Waals surface area contributed by atoms with Gasteiger partial charge in [0, 0.05) is 12.1 Å². The number of aromatic nitrogens is 1. The van der Waals surface area contributed by atoms with Crippen molar-refractivity contribution in [2.45, 2.75) is 13.5 Å². The molecular weight excluding hydrogens is 246 g/mol. The van der Waals surface area contributed by atoms with Crippen LogP contribution in [0.4, 0.5) is 11.5 Å². The van der Waals surface area contributed by atoms with Gasteiger partial charge >= 0.3 is 0 Å². The summed E-state index contributed by atoms with van der Waals surface area (Å²) in [7, 11) is 0. The van der Waals surface area contributed by atoms with Gasteiger partial charge in [0.05, 0.1) is 4.92 Å². The van der Waals surface area contributed by atoms with Crippen LogP contribution in [0.3, 0.4) is 0 Å². The Bertz CT molecular complexity index is 597. The summed E-state index contributed by atoms with van der Waals surface area (Å²) in [6.45, 7) is 2.20. The lowest BCUT2D eigenvalue weighted by Crippen LogP contribution is -2.02. The van der Waals surface area contributed by atoms with E-state index in [4.69, 9.17) is 5.11 Å². The molecule has 0 aliphatic rings. The Labute approximate surface area is 109 Å². The van der Waals surface area contributed by atoms with E-state index in [1.54, 1.807) is 37.3 Å². The molecular formula is C13H13N3O3. The minimum absolute atomic E-state index is 0.00943. The molecule has 0 saturated carbocycles. The van der Waals surface area contributed by atoms with E-state index in [1.165, 1.54) is 6.20 Å². The first-order chi connectivity index (χ1) is 9.06. The lowest BCUT2D eigenvalue weighted by molar-refractivity contribution is -0.385. The Morgan fingerprint density at radius 1 is 1.37 bits per heavy atom. The average Bonchev–Trinajstić information content (AvgIpc) is 2.37. The first-order valence-electron chi connectivity index (χ1n) is 5.69. The van der Waals surface area contributed by atoms with Crippen molar-refractivity contribution in [3.8, 4) is 5.75 Å². The Morgan fingerprint density at radius 2 is 2.05 bits per heavy atom. The van der Waals surface area contributed by atoms with Crippen LogP contribution in [0, 0.1) is 17.0 Å². The number of phenols is 1. The predicted molar refractivity (Wildman–Crippen MR) is 71.1 cm³/mol. The molecule has 2 rings (SSSR count). The Balaban J connectivity index is 2.06. The molecule has 0 fully saturated rings. The number of anilines is 1. The summed E-state index contributed by atoms with van der Waals surface area (Å²) in [5.74, 6) is 0.796. The highest BCUT2D eigenvalue weighted by Gasteiger charge is 2.11. The third-order valence-electron chi connectivity index (χ3n) is 2.69. The summed E-state index contributed by atoms with van der Waals surface area (Å²) in [5, 5.41) is 22.9. The minimum Gasteiger partial charge on any atom is -0.508 e. The van der Waals surface area contributed by atoms with Crippen LogP contribution in [0.5, 0.6) is 5.75 Å². The Kier molecular flexibility index (Phi) is 3.61. The fraction of sp³-hybridized carbons (Fsp3) is 0.154. The Hall–Kier alpha value is -2.63. The first-order valence-corrected chi connectivity index (χ1v) is 5.69. The number of nitrogens with zero attached hydrogens (tertiary/aromatic N) is 2. The predicted octanol–water partition coefficient (Wildman–Crippen LogP) is 2.62. The molecule has 0 aliphatic heterocycles. The van der Waals surface area contributed by atoms with E-state index in [0.717, 1.165) is 5.56 Å². The third kappa shape index (κ3) is 3.19. The van der Waals surface area contributed by atoms with Crippen molar-refractivity contribution < 1.29 is 10.0 Å². The van der Waals surface area contributed by atoms with E-state index in [1.807, 2.05) is 0 Å². The number of hydrogen-bond acceptors (Lipinski definition) is 5. The highest BCUT2D eigenvalue weighted by molar-refractivity contribution is 5.47. The number of pyridine rings is 1. The largest absolute Gasteiger partial charge is 0.508 e. The minimum atomic E-state index is -0.452. The van der Waals surface area contributed by atoms with Crippen LogP contribution in [0.2, 0.25) is 0 Å². The average molecular weight is 259 g/mol. The summed E-state index contributed by atoms with van der Waals surface area (Å²) < 4.78 is 0. The van der Waals surface area contributed by atoms with Crippen LogP contribution < -0.4 is 5.32 Å². The second kappa shape index (κ2) is 5.34. The lowest BCUT2D eigenvalue weighted by atomic mass is 10.2. The molecule has 0 aliphatic carbocycles. The van der Waals surface area contributed by atoms with E-state index >= 15 is 0 Å². The maximum absolute atomic E-state index is 10.7. The molecule has 0 unspecified atom stereocenters. The number of aromatic hydroxyl groups is 1. The highest BCUT2D eigenvalue weighted by Crippen LogP contribution is 2.19. The van der Waals surface area contributed by atoms with Crippen LogP contribution in [0.15, 0.2) is 36.5 Å². The van der Waals surface area contributed by atoms with Crippen molar-refractivity contribution in [3.05, 3.63) is 57.8 Å². The molecule has 6 heteroatoms. The molecule has 0 amide bonds. The standard InChI is InChI=1S/C13H13N3O3/c1-9-6-13(15-8-12(9)16(18)19)14-7-10-2-4-11(17)5-3-10/h2-6,8,17H,7H2,1H3,(H,14,15). The van der Waals surface area contributed by atoms with Crippen molar-refractivity contribution in [1.29, 1.82) is 0 Å². The van der Waals surface area contributed by atoms with Crippen molar-refractivity contribution in [1.82, 2.24) is 4.98 Å². The van der Waals surface area contributed by atoms with Gasteiger partial charge in [-0.15, -0.1) is 0 Å². The van der Waals surface area contributed by atoms with Gasteiger partial charge in [-0.2, -0.15) is 0 Å². The van der Waals surface area contributed by atoms with E-state index in [-0.39, 0.29) is 11.4 Å². The fourth-order valence-electron chi connectivity index (χ4n) is 1.64. The van der Waals surface area contributed by atoms with Gasteiger partial charge in [-0.1, -0.05) is 12.1 Å². The van der Waals surface area contributed by atoms with Gasteiger partial charge in [-0.25, -0.2) is 4.98 Å². The summed E-state index contributed by atoms with van der Waals surface area (Å²) >= 11 is 0. The molecule has 19 heavy (non-hydrogen) atoms. The summed E-state index contributed by atoms with van der Waals surface area (Å²) in [5.41, 5.74) is 1.55. The molecule has 1 heterocycles. The third-order valence-corrected chi connectivity index (χ3v) is 2.69. The van der Waals surface area contributed by atoms with Gasteiger partial charge in [0.2, 0.25) is 0 Å². The number of rotatable bonds is 4. The van der Waals surface area contributed by atoms with Crippen molar-refractivity contribution in [3.63, 3.8) is 0 Å². The van der Waals surface area contributed by atoms with Gasteiger partial charge in [0.25, 0.3) is 5.69 Å². The first kappa shape index (κ1) is 12.8. The zero-order valence-corrected chi connectivity index (χ0v) is 10.3. The maximum Gasteiger partial charge on any atom is 0.290 e. The molecule has 0 spiro atoms. The molecule has 2 aromatic rings. The molecule has 0 saturated heterocycles. The summed E-state index contributed by atoms with van der Waals surface area (Å²) in [6, 6.07) is 8.43. The van der Waals surface area contributed by atoms with Crippen LogP contribution in [0.1, 0.15) is 11.1 Å². The molecule has 1 aromatic carbocycles. The lowest BCUT2D eigenvalue weighted by Gasteiger charge is -2.06. The maximum atomic E-state index is 10.7. The van der Waals surface area contributed by atoms with Crippen LogP contribution in [0.25, 0.3) is 0 Å². The monoisotopic (exact) mass is 259 g/mol. The fourth-order valence-corrected chi connectivity index (χ4v) is 1.64. The molecule has 98 valence electrons. The highest BCUT2D eigenvalue weighted by atomic mass is 16.6. The van der Waals surface area contributed by atoms with Crippen LogP contribution >= 0.6 is 0 Å². The molecule has 6 nitrogen and oxygen atoms in total. The van der Waals surface area contributed by atoms with Crippen molar-refractivity contribution >= 4 is 11.5 Å². The quantitative estimate of drug-likeness (QED) is 0.650. The number of hydrogen-bond donors (Lipinski definition) is 2. The summed E-state index contributed by atoms with van der Waals surface area (Å²) in [4.78, 5) is 14.2.